The van der Waals surface area contributed by atoms with Gasteiger partial charge in [-0.15, -0.1) is 0 Å². The van der Waals surface area contributed by atoms with Crippen LogP contribution in [0.15, 0.2) is 60.7 Å². The molecule has 1 heterocycles. The minimum absolute atomic E-state index is 0.00144. The molecule has 0 saturated carbocycles. The molecule has 0 saturated heterocycles. The first kappa shape index (κ1) is 18.3. The van der Waals surface area contributed by atoms with Crippen LogP contribution in [0.25, 0.3) is 22.4 Å². The number of H-pyrrole nitrogens is 1. The Morgan fingerprint density at radius 2 is 1.86 bits per heavy atom. The number of fused-ring (bicyclic) bond motifs is 1. The van der Waals surface area contributed by atoms with Crippen molar-refractivity contribution in [1.29, 1.82) is 0 Å². The van der Waals surface area contributed by atoms with Crippen molar-refractivity contribution in [2.45, 2.75) is 6.54 Å². The summed E-state index contributed by atoms with van der Waals surface area (Å²) in [5.74, 6) is 0.155. The van der Waals surface area contributed by atoms with E-state index >= 15 is 0 Å². The molecule has 5 nitrogen and oxygen atoms in total. The van der Waals surface area contributed by atoms with E-state index in [1.54, 1.807) is 24.3 Å². The fourth-order valence-electron chi connectivity index (χ4n) is 2.94. The number of halogens is 2. The molecular weight excluding hydrogens is 397 g/mol. The average molecular weight is 412 g/mol. The molecule has 0 aliphatic carbocycles. The second-order valence-electron chi connectivity index (χ2n) is 6.23. The van der Waals surface area contributed by atoms with Gasteiger partial charge in [0.1, 0.15) is 22.6 Å². The molecule has 1 amide bonds. The van der Waals surface area contributed by atoms with Crippen LogP contribution in [0.5, 0.6) is 5.75 Å². The first-order valence-corrected chi connectivity index (χ1v) is 9.28. The van der Waals surface area contributed by atoms with Crippen LogP contribution in [0.1, 0.15) is 15.9 Å². The number of rotatable bonds is 4. The van der Waals surface area contributed by atoms with E-state index < -0.39 is 0 Å². The molecule has 0 unspecified atom stereocenters. The van der Waals surface area contributed by atoms with E-state index in [2.05, 4.69) is 15.3 Å². The Labute approximate surface area is 170 Å². The Morgan fingerprint density at radius 3 is 2.61 bits per heavy atom. The lowest BCUT2D eigenvalue weighted by molar-refractivity contribution is 0.0952. The number of amides is 1. The highest BCUT2D eigenvalue weighted by atomic mass is 35.5. The van der Waals surface area contributed by atoms with Gasteiger partial charge in [-0.2, -0.15) is 0 Å². The number of benzene rings is 3. The maximum Gasteiger partial charge on any atom is 0.253 e. The van der Waals surface area contributed by atoms with Crippen molar-refractivity contribution < 1.29 is 9.90 Å². The lowest BCUT2D eigenvalue weighted by Gasteiger charge is -2.06. The van der Waals surface area contributed by atoms with Gasteiger partial charge < -0.3 is 15.4 Å². The monoisotopic (exact) mass is 411 g/mol. The Bertz CT molecular complexity index is 1170. The molecule has 3 aromatic carbocycles. The predicted molar refractivity (Wildman–Crippen MR) is 111 cm³/mol. The second-order valence-corrected chi connectivity index (χ2v) is 7.08. The third-order valence-corrected chi connectivity index (χ3v) is 4.90. The van der Waals surface area contributed by atoms with Crippen LogP contribution in [0.2, 0.25) is 10.0 Å². The zero-order valence-corrected chi connectivity index (χ0v) is 16.1. The molecule has 1 aromatic heterocycles. The number of nitrogens with zero attached hydrogens (tertiary/aromatic N) is 1. The molecule has 140 valence electrons. The summed E-state index contributed by atoms with van der Waals surface area (Å²) in [4.78, 5) is 20.3. The third kappa shape index (κ3) is 3.54. The Hall–Kier alpha value is -3.02. The predicted octanol–water partition coefficient (Wildman–Crippen LogP) is 5.17. The summed E-state index contributed by atoms with van der Waals surface area (Å²) in [5, 5.41) is 14.0. The molecule has 0 spiro atoms. The molecule has 4 rings (SSSR count). The fourth-order valence-corrected chi connectivity index (χ4v) is 3.44. The lowest BCUT2D eigenvalue weighted by Crippen LogP contribution is -2.23. The SMILES string of the molecule is O=C(NCc1ccccc1)c1ccc(O)c2[nH]c(-c3ccc(Cl)cc3Cl)nc12. The number of hydrogen-bond donors (Lipinski definition) is 3. The summed E-state index contributed by atoms with van der Waals surface area (Å²) in [6.07, 6.45) is 0. The van der Waals surface area contributed by atoms with Gasteiger partial charge in [0.05, 0.1) is 10.6 Å². The Balaban J connectivity index is 1.70. The first-order chi connectivity index (χ1) is 13.5. The molecule has 0 fully saturated rings. The highest BCUT2D eigenvalue weighted by Crippen LogP contribution is 2.33. The van der Waals surface area contributed by atoms with Gasteiger partial charge in [0.25, 0.3) is 5.91 Å². The van der Waals surface area contributed by atoms with E-state index in [-0.39, 0.29) is 11.7 Å². The van der Waals surface area contributed by atoms with Crippen molar-refractivity contribution in [2.24, 2.45) is 0 Å². The number of carbonyl (C=O) groups excluding carboxylic acids is 1. The summed E-state index contributed by atoms with van der Waals surface area (Å²) in [6, 6.07) is 17.7. The van der Waals surface area contributed by atoms with E-state index in [1.165, 1.54) is 6.07 Å². The van der Waals surface area contributed by atoms with Gasteiger partial charge in [-0.3, -0.25) is 4.79 Å². The quantitative estimate of drug-likeness (QED) is 0.433. The second kappa shape index (κ2) is 7.54. The van der Waals surface area contributed by atoms with Crippen LogP contribution >= 0.6 is 23.2 Å². The molecule has 0 aliphatic heterocycles. The molecule has 7 heteroatoms. The summed E-state index contributed by atoms with van der Waals surface area (Å²) in [7, 11) is 0. The number of aromatic hydroxyl groups is 1. The number of imidazole rings is 1. The van der Waals surface area contributed by atoms with Crippen LogP contribution in [0.4, 0.5) is 0 Å². The Kier molecular flexibility index (Phi) is 4.94. The van der Waals surface area contributed by atoms with Crippen LogP contribution in [-0.2, 0) is 6.54 Å². The molecule has 3 N–H and O–H groups in total. The molecule has 0 bridgehead atoms. The number of carbonyl (C=O) groups is 1. The third-order valence-electron chi connectivity index (χ3n) is 4.35. The smallest absolute Gasteiger partial charge is 0.253 e. The van der Waals surface area contributed by atoms with E-state index in [1.807, 2.05) is 30.3 Å². The lowest BCUT2D eigenvalue weighted by atomic mass is 10.1. The topological polar surface area (TPSA) is 78.0 Å². The van der Waals surface area contributed by atoms with Gasteiger partial charge in [0, 0.05) is 17.1 Å². The van der Waals surface area contributed by atoms with Crippen molar-refractivity contribution in [2.75, 3.05) is 0 Å². The van der Waals surface area contributed by atoms with Crippen LogP contribution in [-0.4, -0.2) is 21.0 Å². The van der Waals surface area contributed by atoms with Crippen molar-refractivity contribution in [1.82, 2.24) is 15.3 Å². The van der Waals surface area contributed by atoms with Crippen molar-refractivity contribution in [3.05, 3.63) is 81.8 Å². The standard InChI is InChI=1S/C21H15Cl2N3O2/c22-13-6-7-14(16(23)10-13)20-25-18-15(8-9-17(27)19(18)26-20)21(28)24-11-12-4-2-1-3-5-12/h1-10,27H,11H2,(H,24,28)(H,25,26). The van der Waals surface area contributed by atoms with Crippen LogP contribution < -0.4 is 5.32 Å². The fraction of sp³-hybridized carbons (Fsp3) is 0.0476. The highest BCUT2D eigenvalue weighted by Gasteiger charge is 2.18. The highest BCUT2D eigenvalue weighted by molar-refractivity contribution is 6.36. The number of phenols is 1. The van der Waals surface area contributed by atoms with Gasteiger partial charge in [0.15, 0.2) is 0 Å². The number of hydrogen-bond acceptors (Lipinski definition) is 3. The van der Waals surface area contributed by atoms with E-state index in [9.17, 15) is 9.90 Å². The summed E-state index contributed by atoms with van der Waals surface area (Å²) in [5.41, 5.74) is 2.70. The normalized spacial score (nSPS) is 10.9. The van der Waals surface area contributed by atoms with Gasteiger partial charge in [0.2, 0.25) is 0 Å². The molecule has 0 atom stereocenters. The van der Waals surface area contributed by atoms with Gasteiger partial charge in [-0.05, 0) is 35.9 Å². The maximum absolute atomic E-state index is 12.7. The summed E-state index contributed by atoms with van der Waals surface area (Å²) in [6.45, 7) is 0.391. The van der Waals surface area contributed by atoms with Crippen LogP contribution in [0, 0.1) is 0 Å². The number of phenolic OH excluding ortho intramolecular Hbond substituents is 1. The van der Waals surface area contributed by atoms with Gasteiger partial charge in [-0.25, -0.2) is 4.98 Å². The number of aromatic amines is 1. The minimum atomic E-state index is -0.283. The van der Waals surface area contributed by atoms with E-state index in [0.29, 0.717) is 44.6 Å². The Morgan fingerprint density at radius 1 is 1.07 bits per heavy atom. The minimum Gasteiger partial charge on any atom is -0.506 e. The van der Waals surface area contributed by atoms with Crippen molar-refractivity contribution in [3.8, 4) is 17.1 Å². The summed E-state index contributed by atoms with van der Waals surface area (Å²) < 4.78 is 0. The molecule has 0 aliphatic rings. The summed E-state index contributed by atoms with van der Waals surface area (Å²) >= 11 is 12.2. The van der Waals surface area contributed by atoms with E-state index in [0.717, 1.165) is 5.56 Å². The van der Waals surface area contributed by atoms with Gasteiger partial charge in [-0.1, -0.05) is 53.5 Å². The van der Waals surface area contributed by atoms with Crippen molar-refractivity contribution >= 4 is 40.1 Å². The zero-order chi connectivity index (χ0) is 19.7. The molecule has 4 aromatic rings. The van der Waals surface area contributed by atoms with Gasteiger partial charge >= 0.3 is 0 Å². The van der Waals surface area contributed by atoms with E-state index in [4.69, 9.17) is 23.2 Å². The van der Waals surface area contributed by atoms with Crippen molar-refractivity contribution in [3.63, 3.8) is 0 Å². The number of nitrogens with one attached hydrogen (secondary N) is 2. The first-order valence-electron chi connectivity index (χ1n) is 8.52. The molecule has 0 radical (unpaired) electrons. The average Bonchev–Trinajstić information content (AvgIpc) is 3.13. The maximum atomic E-state index is 12.7. The molecule has 28 heavy (non-hydrogen) atoms. The zero-order valence-electron chi connectivity index (χ0n) is 14.5. The van der Waals surface area contributed by atoms with Crippen LogP contribution in [0.3, 0.4) is 0 Å². The molecular formula is C21H15Cl2N3O2. The number of aromatic nitrogens is 2. The largest absolute Gasteiger partial charge is 0.506 e.